The summed E-state index contributed by atoms with van der Waals surface area (Å²) in [4.78, 5) is 23.3. The molecule has 1 aromatic carbocycles. The van der Waals surface area contributed by atoms with Gasteiger partial charge >= 0.3 is 5.97 Å². The first kappa shape index (κ1) is 15.7. The molecule has 0 heterocycles. The Labute approximate surface area is 120 Å². The Morgan fingerprint density at radius 2 is 2.00 bits per heavy atom. The van der Waals surface area contributed by atoms with E-state index in [0.29, 0.717) is 17.9 Å². The lowest BCUT2D eigenvalue weighted by Gasteiger charge is -2.19. The Bertz CT molecular complexity index is 494. The monoisotopic (exact) mass is 328 g/mol. The average Bonchev–Trinajstić information content (AvgIpc) is 2.30. The van der Waals surface area contributed by atoms with Crippen LogP contribution in [0.2, 0.25) is 0 Å². The zero-order valence-corrected chi connectivity index (χ0v) is 12.8. The Morgan fingerprint density at radius 3 is 2.53 bits per heavy atom. The Hall–Kier alpha value is -1.36. The summed E-state index contributed by atoms with van der Waals surface area (Å²) in [5.41, 5.74) is -0.686. The number of Topliss-reactive ketones (excluding diaryl/α,β-unsaturated/α-hetero) is 1. The van der Waals surface area contributed by atoms with Gasteiger partial charge in [0.1, 0.15) is 5.75 Å². The van der Waals surface area contributed by atoms with Crippen LogP contribution in [0.5, 0.6) is 5.75 Å². The third kappa shape index (κ3) is 4.06. The molecule has 0 saturated carbocycles. The van der Waals surface area contributed by atoms with E-state index in [2.05, 4.69) is 15.9 Å². The Balaban J connectivity index is 3.05. The van der Waals surface area contributed by atoms with Gasteiger partial charge in [-0.05, 0) is 39.0 Å². The average molecular weight is 329 g/mol. The number of aliphatic carboxylic acids is 1. The van der Waals surface area contributed by atoms with E-state index in [-0.39, 0.29) is 12.2 Å². The lowest BCUT2D eigenvalue weighted by molar-refractivity contribution is -0.146. The zero-order valence-electron chi connectivity index (χ0n) is 11.2. The minimum Gasteiger partial charge on any atom is -0.493 e. The van der Waals surface area contributed by atoms with Crippen LogP contribution in [0, 0.1) is 5.41 Å². The summed E-state index contributed by atoms with van der Waals surface area (Å²) in [6, 6.07) is 5.14. The van der Waals surface area contributed by atoms with Gasteiger partial charge in [-0.3, -0.25) is 9.59 Å². The number of benzene rings is 1. The predicted molar refractivity (Wildman–Crippen MR) is 75.7 cm³/mol. The molecule has 0 saturated heterocycles. The molecule has 5 heteroatoms. The highest BCUT2D eigenvalue weighted by atomic mass is 79.9. The third-order valence-electron chi connectivity index (χ3n) is 2.72. The van der Waals surface area contributed by atoms with Crippen molar-refractivity contribution in [2.45, 2.75) is 27.2 Å². The van der Waals surface area contributed by atoms with Gasteiger partial charge in [-0.25, -0.2) is 0 Å². The van der Waals surface area contributed by atoms with Gasteiger partial charge in [0.05, 0.1) is 17.6 Å². The predicted octanol–water partition coefficient (Wildman–Crippen LogP) is 3.53. The van der Waals surface area contributed by atoms with Crippen molar-refractivity contribution in [3.8, 4) is 5.75 Å². The maximum absolute atomic E-state index is 12.2. The number of halogens is 1. The number of carbonyl (C=O) groups is 2. The number of carboxylic acid groups (broad SMARTS) is 1. The van der Waals surface area contributed by atoms with Crippen LogP contribution in [-0.4, -0.2) is 23.5 Å². The van der Waals surface area contributed by atoms with Crippen molar-refractivity contribution in [3.63, 3.8) is 0 Å². The van der Waals surface area contributed by atoms with E-state index in [1.54, 1.807) is 18.2 Å². The van der Waals surface area contributed by atoms with Crippen LogP contribution in [-0.2, 0) is 4.79 Å². The number of carboxylic acids is 1. The second kappa shape index (κ2) is 6.19. The molecule has 0 aliphatic carbocycles. The van der Waals surface area contributed by atoms with E-state index in [1.165, 1.54) is 13.8 Å². The van der Waals surface area contributed by atoms with Crippen LogP contribution >= 0.6 is 15.9 Å². The molecule has 19 heavy (non-hydrogen) atoms. The summed E-state index contributed by atoms with van der Waals surface area (Å²) in [6.45, 7) is 5.35. The molecule has 0 aliphatic heterocycles. The van der Waals surface area contributed by atoms with Crippen molar-refractivity contribution < 1.29 is 19.4 Å². The van der Waals surface area contributed by atoms with Crippen LogP contribution < -0.4 is 4.74 Å². The van der Waals surface area contributed by atoms with E-state index >= 15 is 0 Å². The zero-order chi connectivity index (χ0) is 14.6. The summed E-state index contributed by atoms with van der Waals surface area (Å²) in [7, 11) is 0. The first-order valence-corrected chi connectivity index (χ1v) is 6.76. The van der Waals surface area contributed by atoms with Crippen LogP contribution in [0.25, 0.3) is 0 Å². The first-order valence-electron chi connectivity index (χ1n) is 5.97. The van der Waals surface area contributed by atoms with Crippen molar-refractivity contribution in [2.24, 2.45) is 5.41 Å². The second-order valence-corrected chi connectivity index (χ2v) is 5.78. The largest absolute Gasteiger partial charge is 0.493 e. The molecule has 0 aromatic heterocycles. The van der Waals surface area contributed by atoms with Crippen molar-refractivity contribution in [2.75, 3.05) is 6.61 Å². The fraction of sp³-hybridized carbons (Fsp3) is 0.429. The van der Waals surface area contributed by atoms with E-state index in [1.807, 2.05) is 6.92 Å². The van der Waals surface area contributed by atoms with Gasteiger partial charge in [-0.2, -0.15) is 0 Å². The van der Waals surface area contributed by atoms with Gasteiger partial charge in [-0.15, -0.1) is 0 Å². The van der Waals surface area contributed by atoms with Crippen molar-refractivity contribution in [1.82, 2.24) is 0 Å². The fourth-order valence-corrected chi connectivity index (χ4v) is 1.93. The van der Waals surface area contributed by atoms with Crippen LogP contribution in [0.3, 0.4) is 0 Å². The normalized spacial score (nSPS) is 11.2. The van der Waals surface area contributed by atoms with Crippen molar-refractivity contribution in [1.29, 1.82) is 0 Å². The van der Waals surface area contributed by atoms with Gasteiger partial charge in [0.25, 0.3) is 0 Å². The van der Waals surface area contributed by atoms with Crippen molar-refractivity contribution >= 4 is 27.7 Å². The molecule has 0 amide bonds. The van der Waals surface area contributed by atoms with Gasteiger partial charge in [0.2, 0.25) is 0 Å². The number of rotatable bonds is 6. The van der Waals surface area contributed by atoms with Crippen molar-refractivity contribution in [3.05, 3.63) is 28.2 Å². The highest BCUT2D eigenvalue weighted by Gasteiger charge is 2.31. The summed E-state index contributed by atoms with van der Waals surface area (Å²) in [6.07, 6.45) is -0.0706. The Kier molecular flexibility index (Phi) is 5.11. The summed E-state index contributed by atoms with van der Waals surface area (Å²) < 4.78 is 6.16. The molecular weight excluding hydrogens is 312 g/mol. The quantitative estimate of drug-likeness (QED) is 0.811. The lowest BCUT2D eigenvalue weighted by Crippen LogP contribution is -2.27. The number of hydrogen-bond donors (Lipinski definition) is 1. The molecule has 1 N–H and O–H groups in total. The SMILES string of the molecule is CCOc1ccc(Br)cc1C(=O)CC(C)(C)C(=O)O. The molecule has 4 nitrogen and oxygen atoms in total. The summed E-state index contributed by atoms with van der Waals surface area (Å²) >= 11 is 3.30. The fourth-order valence-electron chi connectivity index (χ4n) is 1.57. The van der Waals surface area contributed by atoms with E-state index in [0.717, 1.165) is 4.47 Å². The number of hydrogen-bond acceptors (Lipinski definition) is 3. The molecule has 104 valence electrons. The Morgan fingerprint density at radius 1 is 1.37 bits per heavy atom. The number of carbonyl (C=O) groups excluding carboxylic acids is 1. The van der Waals surface area contributed by atoms with Crippen LogP contribution in [0.4, 0.5) is 0 Å². The standard InChI is InChI=1S/C14H17BrO4/c1-4-19-12-6-5-9(15)7-10(12)11(16)8-14(2,3)13(17)18/h5-7H,4,8H2,1-3H3,(H,17,18). The molecule has 0 spiro atoms. The van der Waals surface area contributed by atoms with E-state index in [4.69, 9.17) is 9.84 Å². The lowest BCUT2D eigenvalue weighted by atomic mass is 9.85. The number of ether oxygens (including phenoxy) is 1. The maximum Gasteiger partial charge on any atom is 0.309 e. The van der Waals surface area contributed by atoms with Gasteiger partial charge in [-0.1, -0.05) is 15.9 Å². The molecule has 1 aromatic rings. The molecule has 0 unspecified atom stereocenters. The first-order chi connectivity index (χ1) is 8.77. The highest BCUT2D eigenvalue weighted by molar-refractivity contribution is 9.10. The molecule has 0 fully saturated rings. The van der Waals surface area contributed by atoms with E-state index < -0.39 is 11.4 Å². The minimum absolute atomic E-state index is 0.0706. The molecule has 1 rings (SSSR count). The smallest absolute Gasteiger partial charge is 0.309 e. The molecule has 0 atom stereocenters. The van der Waals surface area contributed by atoms with Crippen LogP contribution in [0.1, 0.15) is 37.6 Å². The summed E-state index contributed by atoms with van der Waals surface area (Å²) in [5.74, 6) is -0.747. The molecular formula is C14H17BrO4. The second-order valence-electron chi connectivity index (χ2n) is 4.86. The third-order valence-corrected chi connectivity index (χ3v) is 3.22. The molecule has 0 radical (unpaired) electrons. The van der Waals surface area contributed by atoms with Crippen LogP contribution in [0.15, 0.2) is 22.7 Å². The molecule has 0 bridgehead atoms. The van der Waals surface area contributed by atoms with Gasteiger partial charge in [0, 0.05) is 10.9 Å². The number of ketones is 1. The molecule has 0 aliphatic rings. The van der Waals surface area contributed by atoms with Gasteiger partial charge in [0.15, 0.2) is 5.78 Å². The highest BCUT2D eigenvalue weighted by Crippen LogP contribution is 2.29. The maximum atomic E-state index is 12.2. The topological polar surface area (TPSA) is 63.6 Å². The van der Waals surface area contributed by atoms with E-state index in [9.17, 15) is 9.59 Å². The van der Waals surface area contributed by atoms with Gasteiger partial charge < -0.3 is 9.84 Å². The summed E-state index contributed by atoms with van der Waals surface area (Å²) in [5, 5.41) is 9.07. The minimum atomic E-state index is -1.09.